The predicted octanol–water partition coefficient (Wildman–Crippen LogP) is 1.02. The first-order valence-electron chi connectivity index (χ1n) is 4.77. The lowest BCUT2D eigenvalue weighted by molar-refractivity contribution is 0.0949. The Bertz CT molecular complexity index is 397. The number of aromatic nitrogens is 1. The minimum Gasteiger partial charge on any atom is -0.393 e. The summed E-state index contributed by atoms with van der Waals surface area (Å²) in [5.41, 5.74) is 5.29. The molecule has 1 amide bonds. The van der Waals surface area contributed by atoms with E-state index in [-0.39, 0.29) is 5.56 Å². The molecule has 0 bridgehead atoms. The first-order valence-corrected chi connectivity index (χ1v) is 5.18. The molecule has 4 nitrogen and oxygen atoms in total. The van der Waals surface area contributed by atoms with Crippen molar-refractivity contribution >= 4 is 23.1 Å². The number of hydrogen-bond acceptors (Lipinski definition) is 3. The third-order valence-electron chi connectivity index (χ3n) is 1.90. The number of carbonyl (C=O) groups is 1. The molecule has 0 radical (unpaired) electrons. The van der Waals surface area contributed by atoms with Gasteiger partial charge in [0.15, 0.2) is 5.82 Å². The van der Waals surface area contributed by atoms with E-state index in [9.17, 15) is 9.18 Å². The smallest absolute Gasteiger partial charge is 0.254 e. The van der Waals surface area contributed by atoms with Crippen molar-refractivity contribution in [3.63, 3.8) is 0 Å². The Morgan fingerprint density at radius 2 is 2.38 bits per heavy atom. The standard InChI is InChI=1S/C10H12FN3OS/c11-8-6-13-5-3-7(8)10(15)14-4-1-2-9(12)16/h3,5-6H,1-2,4H2,(H2,12,16)(H,14,15). The van der Waals surface area contributed by atoms with Crippen molar-refractivity contribution in [2.75, 3.05) is 6.54 Å². The molecule has 86 valence electrons. The van der Waals surface area contributed by atoms with Crippen molar-refractivity contribution in [2.24, 2.45) is 5.73 Å². The molecular weight excluding hydrogens is 229 g/mol. The van der Waals surface area contributed by atoms with Gasteiger partial charge in [-0.3, -0.25) is 9.78 Å². The van der Waals surface area contributed by atoms with E-state index in [4.69, 9.17) is 5.73 Å². The maximum absolute atomic E-state index is 13.1. The van der Waals surface area contributed by atoms with Crippen LogP contribution in [-0.4, -0.2) is 22.4 Å². The molecule has 1 aromatic heterocycles. The van der Waals surface area contributed by atoms with Gasteiger partial charge in [-0.2, -0.15) is 0 Å². The van der Waals surface area contributed by atoms with Gasteiger partial charge in [-0.15, -0.1) is 0 Å². The number of nitrogens with one attached hydrogen (secondary N) is 1. The number of rotatable bonds is 5. The first-order chi connectivity index (χ1) is 7.61. The third-order valence-corrected chi connectivity index (χ3v) is 2.11. The molecule has 3 N–H and O–H groups in total. The molecule has 1 aromatic rings. The average Bonchev–Trinajstić information content (AvgIpc) is 2.24. The Balaban J connectivity index is 2.41. The van der Waals surface area contributed by atoms with Gasteiger partial charge in [0.1, 0.15) is 0 Å². The summed E-state index contributed by atoms with van der Waals surface area (Å²) < 4.78 is 13.1. The number of nitrogens with two attached hydrogens (primary N) is 1. The van der Waals surface area contributed by atoms with E-state index in [0.717, 1.165) is 6.20 Å². The molecule has 0 unspecified atom stereocenters. The number of hydrogen-bond donors (Lipinski definition) is 2. The molecule has 0 aromatic carbocycles. The lowest BCUT2D eigenvalue weighted by Crippen LogP contribution is -2.26. The lowest BCUT2D eigenvalue weighted by atomic mass is 10.2. The normalized spacial score (nSPS) is 9.81. The quantitative estimate of drug-likeness (QED) is 0.596. The zero-order valence-corrected chi connectivity index (χ0v) is 9.39. The van der Waals surface area contributed by atoms with Crippen molar-refractivity contribution in [3.8, 4) is 0 Å². The second-order valence-electron chi connectivity index (χ2n) is 3.18. The highest BCUT2D eigenvalue weighted by Crippen LogP contribution is 2.03. The highest BCUT2D eigenvalue weighted by Gasteiger charge is 2.09. The topological polar surface area (TPSA) is 68.0 Å². The van der Waals surface area contributed by atoms with Gasteiger partial charge in [0.25, 0.3) is 5.91 Å². The molecule has 0 spiro atoms. The van der Waals surface area contributed by atoms with Crippen LogP contribution in [0.5, 0.6) is 0 Å². The maximum Gasteiger partial charge on any atom is 0.254 e. The Hall–Kier alpha value is -1.56. The Morgan fingerprint density at radius 1 is 1.62 bits per heavy atom. The average molecular weight is 241 g/mol. The molecule has 6 heteroatoms. The molecular formula is C10H12FN3OS. The van der Waals surface area contributed by atoms with E-state index >= 15 is 0 Å². The summed E-state index contributed by atoms with van der Waals surface area (Å²) in [6.07, 6.45) is 3.58. The van der Waals surface area contributed by atoms with Gasteiger partial charge in [-0.05, 0) is 18.9 Å². The molecule has 0 atom stereocenters. The number of nitrogens with zero attached hydrogens (tertiary/aromatic N) is 1. The van der Waals surface area contributed by atoms with Crippen LogP contribution in [0, 0.1) is 5.82 Å². The summed E-state index contributed by atoms with van der Waals surface area (Å²) in [7, 11) is 0. The van der Waals surface area contributed by atoms with Crippen LogP contribution in [-0.2, 0) is 0 Å². The summed E-state index contributed by atoms with van der Waals surface area (Å²) in [5.74, 6) is -1.09. The first kappa shape index (κ1) is 12.5. The van der Waals surface area contributed by atoms with Gasteiger partial charge in [-0.25, -0.2) is 4.39 Å². The number of pyridine rings is 1. The van der Waals surface area contributed by atoms with Crippen LogP contribution in [0.3, 0.4) is 0 Å². The summed E-state index contributed by atoms with van der Waals surface area (Å²) >= 11 is 4.69. The zero-order valence-electron chi connectivity index (χ0n) is 8.57. The maximum atomic E-state index is 13.1. The monoisotopic (exact) mass is 241 g/mol. The largest absolute Gasteiger partial charge is 0.393 e. The van der Waals surface area contributed by atoms with E-state index in [1.165, 1.54) is 12.3 Å². The van der Waals surface area contributed by atoms with E-state index in [0.29, 0.717) is 24.4 Å². The van der Waals surface area contributed by atoms with Crippen LogP contribution in [0.1, 0.15) is 23.2 Å². The molecule has 1 rings (SSSR count). The molecule has 0 aliphatic carbocycles. The second kappa shape index (κ2) is 6.12. The minimum atomic E-state index is -0.630. The Kier molecular flexibility index (Phi) is 4.78. The molecule has 0 fully saturated rings. The molecule has 0 aliphatic heterocycles. The van der Waals surface area contributed by atoms with Crippen LogP contribution in [0.15, 0.2) is 18.5 Å². The van der Waals surface area contributed by atoms with E-state index in [2.05, 4.69) is 22.5 Å². The van der Waals surface area contributed by atoms with Gasteiger partial charge in [0, 0.05) is 12.7 Å². The van der Waals surface area contributed by atoms with Crippen LogP contribution >= 0.6 is 12.2 Å². The fourth-order valence-electron chi connectivity index (χ4n) is 1.12. The second-order valence-corrected chi connectivity index (χ2v) is 3.71. The van der Waals surface area contributed by atoms with Crippen LogP contribution in [0.25, 0.3) is 0 Å². The van der Waals surface area contributed by atoms with E-state index < -0.39 is 11.7 Å². The Labute approximate surface area is 98.1 Å². The van der Waals surface area contributed by atoms with Crippen LogP contribution in [0.2, 0.25) is 0 Å². The number of thiocarbonyl (C=S) groups is 1. The van der Waals surface area contributed by atoms with E-state index in [1.54, 1.807) is 0 Å². The molecule has 1 heterocycles. The van der Waals surface area contributed by atoms with Gasteiger partial charge in [0.2, 0.25) is 0 Å². The van der Waals surface area contributed by atoms with Crippen LogP contribution in [0.4, 0.5) is 4.39 Å². The molecule has 0 saturated heterocycles. The van der Waals surface area contributed by atoms with Crippen molar-refractivity contribution in [1.29, 1.82) is 0 Å². The van der Waals surface area contributed by atoms with Crippen LogP contribution < -0.4 is 11.1 Å². The van der Waals surface area contributed by atoms with Gasteiger partial charge < -0.3 is 11.1 Å². The fourth-order valence-corrected chi connectivity index (χ4v) is 1.26. The molecule has 0 saturated carbocycles. The highest BCUT2D eigenvalue weighted by atomic mass is 32.1. The summed E-state index contributed by atoms with van der Waals surface area (Å²) in [6.45, 7) is 0.415. The van der Waals surface area contributed by atoms with Crippen molar-refractivity contribution in [3.05, 3.63) is 29.8 Å². The third kappa shape index (κ3) is 3.90. The number of carbonyl (C=O) groups excluding carboxylic acids is 1. The van der Waals surface area contributed by atoms with Gasteiger partial charge in [0.05, 0.1) is 16.7 Å². The summed E-state index contributed by atoms with van der Waals surface area (Å²) in [4.78, 5) is 15.4. The number of amides is 1. The number of halogens is 1. The lowest BCUT2D eigenvalue weighted by Gasteiger charge is -2.05. The minimum absolute atomic E-state index is 0.00896. The van der Waals surface area contributed by atoms with E-state index in [1.807, 2.05) is 0 Å². The van der Waals surface area contributed by atoms with Crippen molar-refractivity contribution in [1.82, 2.24) is 10.3 Å². The predicted molar refractivity (Wildman–Crippen MR) is 62.5 cm³/mol. The van der Waals surface area contributed by atoms with Gasteiger partial charge in [-0.1, -0.05) is 12.2 Å². The van der Waals surface area contributed by atoms with Crippen molar-refractivity contribution in [2.45, 2.75) is 12.8 Å². The SMILES string of the molecule is NC(=S)CCCNC(=O)c1ccncc1F. The van der Waals surface area contributed by atoms with Crippen molar-refractivity contribution < 1.29 is 9.18 Å². The fraction of sp³-hybridized carbons (Fsp3) is 0.300. The Morgan fingerprint density at radius 3 is 3.00 bits per heavy atom. The zero-order chi connectivity index (χ0) is 12.0. The summed E-state index contributed by atoms with van der Waals surface area (Å²) in [6, 6.07) is 1.33. The summed E-state index contributed by atoms with van der Waals surface area (Å²) in [5, 5.41) is 2.57. The molecule has 0 aliphatic rings. The van der Waals surface area contributed by atoms with Gasteiger partial charge >= 0.3 is 0 Å². The highest BCUT2D eigenvalue weighted by molar-refractivity contribution is 7.80. The molecule has 16 heavy (non-hydrogen) atoms.